The smallest absolute Gasteiger partial charge is 0.341 e. The molecule has 0 aromatic heterocycles. The Morgan fingerprint density at radius 1 is 1.00 bits per heavy atom. The molecule has 0 saturated heterocycles. The lowest BCUT2D eigenvalue weighted by atomic mass is 10.1. The van der Waals surface area contributed by atoms with E-state index in [-0.39, 0.29) is 15.7 Å². The fraction of sp³-hybridized carbons (Fsp3) is 0.192. The third-order valence-electron chi connectivity index (χ3n) is 6.77. The molecule has 0 spiro atoms. The second kappa shape index (κ2) is 9.82. The zero-order valence-electron chi connectivity index (χ0n) is 20.1. The van der Waals surface area contributed by atoms with E-state index in [1.165, 1.54) is 30.3 Å². The minimum atomic E-state index is -4.67. The average molecular weight is 594 g/mol. The van der Waals surface area contributed by atoms with Crippen molar-refractivity contribution in [2.24, 2.45) is 0 Å². The van der Waals surface area contributed by atoms with E-state index in [1.54, 1.807) is 19.1 Å². The zero-order valence-corrected chi connectivity index (χ0v) is 23.3. The van der Waals surface area contributed by atoms with E-state index >= 15 is 0 Å². The number of fused-ring (bicyclic) bond motifs is 1. The summed E-state index contributed by atoms with van der Waals surface area (Å²) in [4.78, 5) is 14.6. The topological polar surface area (TPSA) is 127 Å². The summed E-state index contributed by atoms with van der Waals surface area (Å²) in [7, 11) is -11.5. The summed E-state index contributed by atoms with van der Waals surface area (Å²) in [5.74, 6) is -0.945. The van der Waals surface area contributed by atoms with E-state index in [2.05, 4.69) is 5.32 Å². The number of hydrogen-bond donors (Lipinski definition) is 2. The van der Waals surface area contributed by atoms with Crippen molar-refractivity contribution >= 4 is 58.6 Å². The maximum atomic E-state index is 13.6. The SMILES string of the molecule is CC(C(=O)OS(=O)(=O)c1cccc2c(S(=O)(=O)O)cccc12)S1(c2ccccc2Cl)C=CC2=C1CCNC2. The van der Waals surface area contributed by atoms with Crippen molar-refractivity contribution in [2.75, 3.05) is 13.1 Å². The molecule has 38 heavy (non-hydrogen) atoms. The lowest BCUT2D eigenvalue weighted by Gasteiger charge is -2.43. The Morgan fingerprint density at radius 3 is 2.34 bits per heavy atom. The van der Waals surface area contributed by atoms with Crippen molar-refractivity contribution in [3.8, 4) is 0 Å². The van der Waals surface area contributed by atoms with E-state index in [0.717, 1.165) is 21.4 Å². The number of halogens is 1. The molecule has 3 aromatic carbocycles. The van der Waals surface area contributed by atoms with Crippen molar-refractivity contribution in [3.05, 3.63) is 87.6 Å². The third kappa shape index (κ3) is 4.47. The summed E-state index contributed by atoms with van der Waals surface area (Å²) in [6.07, 6.45) is 2.65. The second-order valence-electron chi connectivity index (χ2n) is 8.90. The molecule has 0 fully saturated rings. The summed E-state index contributed by atoms with van der Waals surface area (Å²) < 4.78 is 65.3. The third-order valence-corrected chi connectivity index (χ3v) is 13.6. The first-order valence-corrected chi connectivity index (χ1v) is 16.6. The van der Waals surface area contributed by atoms with Crippen LogP contribution in [0.1, 0.15) is 13.3 Å². The molecule has 8 nitrogen and oxygen atoms in total. The summed E-state index contributed by atoms with van der Waals surface area (Å²) in [6.45, 7) is 3.00. The Labute approximate surface area is 227 Å². The summed E-state index contributed by atoms with van der Waals surface area (Å²) >= 11 is 6.63. The van der Waals surface area contributed by atoms with Crippen molar-refractivity contribution in [3.63, 3.8) is 0 Å². The van der Waals surface area contributed by atoms with Crippen LogP contribution < -0.4 is 5.32 Å². The van der Waals surface area contributed by atoms with E-state index < -0.39 is 46.4 Å². The van der Waals surface area contributed by atoms with Crippen LogP contribution in [0.2, 0.25) is 5.02 Å². The molecule has 2 aliphatic heterocycles. The monoisotopic (exact) mass is 593 g/mol. The highest BCUT2D eigenvalue weighted by Crippen LogP contribution is 2.72. The van der Waals surface area contributed by atoms with E-state index in [1.807, 2.05) is 23.6 Å². The molecular formula is C26H24ClNO7S3. The predicted octanol–water partition coefficient (Wildman–Crippen LogP) is 5.00. The van der Waals surface area contributed by atoms with Gasteiger partial charge in [0.15, 0.2) is 0 Å². The molecule has 200 valence electrons. The van der Waals surface area contributed by atoms with Crippen LogP contribution in [0.5, 0.6) is 0 Å². The van der Waals surface area contributed by atoms with Gasteiger partial charge in [0, 0.05) is 22.2 Å². The summed E-state index contributed by atoms with van der Waals surface area (Å²) in [5.41, 5.74) is 1.06. The quantitative estimate of drug-likeness (QED) is 0.302. The number of carbonyl (C=O) groups excluding carboxylic acids is 1. The maximum absolute atomic E-state index is 13.6. The van der Waals surface area contributed by atoms with Gasteiger partial charge in [0.25, 0.3) is 10.1 Å². The van der Waals surface area contributed by atoms with Crippen LogP contribution in [-0.2, 0) is 29.2 Å². The van der Waals surface area contributed by atoms with Gasteiger partial charge in [0.2, 0.25) is 0 Å². The van der Waals surface area contributed by atoms with Gasteiger partial charge in [-0.05, 0) is 60.0 Å². The molecule has 2 heterocycles. The van der Waals surface area contributed by atoms with Crippen LogP contribution >= 0.6 is 21.6 Å². The highest BCUT2D eigenvalue weighted by Gasteiger charge is 2.45. The van der Waals surface area contributed by atoms with Gasteiger partial charge in [-0.2, -0.15) is 26.9 Å². The molecule has 0 aliphatic carbocycles. The van der Waals surface area contributed by atoms with Crippen molar-refractivity contribution in [1.29, 1.82) is 0 Å². The molecule has 3 aromatic rings. The van der Waals surface area contributed by atoms with Crippen molar-refractivity contribution < 1.29 is 30.4 Å². The fourth-order valence-corrected chi connectivity index (χ4v) is 11.5. The number of nitrogens with one attached hydrogen (secondary N) is 1. The van der Waals surface area contributed by atoms with Gasteiger partial charge < -0.3 is 9.50 Å². The van der Waals surface area contributed by atoms with Gasteiger partial charge in [-0.3, -0.25) is 4.55 Å². The number of carbonyl (C=O) groups is 1. The normalized spacial score (nSPS) is 22.1. The van der Waals surface area contributed by atoms with Crippen LogP contribution in [0, 0.1) is 0 Å². The highest BCUT2D eigenvalue weighted by atomic mass is 35.5. The van der Waals surface area contributed by atoms with Crippen LogP contribution in [0.25, 0.3) is 10.8 Å². The lowest BCUT2D eigenvalue weighted by Crippen LogP contribution is -2.31. The Hall–Kier alpha value is -2.67. The second-order valence-corrected chi connectivity index (χ2v) is 15.5. The summed E-state index contributed by atoms with van der Waals surface area (Å²) in [6, 6.07) is 15.0. The highest BCUT2D eigenvalue weighted by molar-refractivity contribution is 8.40. The van der Waals surface area contributed by atoms with Crippen LogP contribution in [0.3, 0.4) is 0 Å². The first-order valence-electron chi connectivity index (χ1n) is 11.6. The molecule has 2 atom stereocenters. The molecule has 0 radical (unpaired) electrons. The molecule has 2 N–H and O–H groups in total. The van der Waals surface area contributed by atoms with Crippen LogP contribution in [-0.4, -0.2) is 45.7 Å². The lowest BCUT2D eigenvalue weighted by molar-refractivity contribution is -0.132. The zero-order chi connectivity index (χ0) is 27.3. The average Bonchev–Trinajstić information content (AvgIpc) is 3.27. The predicted molar refractivity (Wildman–Crippen MR) is 147 cm³/mol. The molecule has 2 unspecified atom stereocenters. The number of rotatable bonds is 6. The Bertz CT molecular complexity index is 1750. The molecule has 0 amide bonds. The van der Waals surface area contributed by atoms with Crippen molar-refractivity contribution in [1.82, 2.24) is 5.32 Å². The van der Waals surface area contributed by atoms with Gasteiger partial charge in [-0.1, -0.05) is 54.1 Å². The molecule has 2 aliphatic rings. The first kappa shape index (κ1) is 26.9. The number of hydrogen-bond acceptors (Lipinski definition) is 7. The minimum absolute atomic E-state index is 0.000328. The summed E-state index contributed by atoms with van der Waals surface area (Å²) in [5, 5.41) is 4.87. The van der Waals surface area contributed by atoms with E-state index in [0.29, 0.717) is 24.5 Å². The minimum Gasteiger partial charge on any atom is -0.341 e. The molecular weight excluding hydrogens is 570 g/mol. The van der Waals surface area contributed by atoms with Gasteiger partial charge in [0.05, 0.1) is 10.3 Å². The Kier molecular flexibility index (Phi) is 6.95. The Morgan fingerprint density at radius 2 is 1.66 bits per heavy atom. The van der Waals surface area contributed by atoms with E-state index in [9.17, 15) is 26.2 Å². The number of benzene rings is 3. The molecule has 5 rings (SSSR count). The molecule has 0 bridgehead atoms. The van der Waals surface area contributed by atoms with Gasteiger partial charge in [-0.15, -0.1) is 0 Å². The van der Waals surface area contributed by atoms with Gasteiger partial charge in [0.1, 0.15) is 9.79 Å². The molecule has 12 heteroatoms. The fourth-order valence-electron chi connectivity index (χ4n) is 5.01. The van der Waals surface area contributed by atoms with Crippen LogP contribution in [0.15, 0.2) is 97.3 Å². The largest absolute Gasteiger partial charge is 0.342 e. The van der Waals surface area contributed by atoms with Crippen LogP contribution in [0.4, 0.5) is 0 Å². The standard InChI is InChI=1S/C26H24ClNO7S3/c1-17(36(25-9-3-2-8-21(25)27)15-13-18-16-28-14-12-22(18)36)26(29)35-38(33,34)24-11-5-6-19-20(24)7-4-10-23(19)37(30,31)32/h2-11,13,15,17,28H,12,14,16H2,1H3,(H,30,31,32). The van der Waals surface area contributed by atoms with E-state index in [4.69, 9.17) is 15.8 Å². The Balaban J connectivity index is 1.57. The first-order chi connectivity index (χ1) is 18.0. The maximum Gasteiger partial charge on any atom is 0.342 e. The van der Waals surface area contributed by atoms with Crippen molar-refractivity contribution in [2.45, 2.75) is 33.3 Å². The van der Waals surface area contributed by atoms with Gasteiger partial charge >= 0.3 is 16.1 Å². The van der Waals surface area contributed by atoms with Gasteiger partial charge in [-0.25, -0.2) is 4.79 Å². The molecule has 0 saturated carbocycles.